The first kappa shape index (κ1) is 13.5. The molecule has 0 bridgehead atoms. The third kappa shape index (κ3) is 4.39. The SMILES string of the molecule is CCCN(Cc1ccncc1)CC1CCCNC1. The number of nitrogens with one attached hydrogen (secondary N) is 1. The molecular weight excluding hydrogens is 222 g/mol. The van der Waals surface area contributed by atoms with Gasteiger partial charge in [-0.25, -0.2) is 0 Å². The first-order valence-electron chi connectivity index (χ1n) is 7.20. The summed E-state index contributed by atoms with van der Waals surface area (Å²) in [6, 6.07) is 4.25. The van der Waals surface area contributed by atoms with Crippen LogP contribution in [0.2, 0.25) is 0 Å². The van der Waals surface area contributed by atoms with Crippen LogP contribution in [0.1, 0.15) is 31.7 Å². The van der Waals surface area contributed by atoms with Gasteiger partial charge in [-0.1, -0.05) is 6.92 Å². The molecule has 1 fully saturated rings. The maximum atomic E-state index is 4.09. The lowest BCUT2D eigenvalue weighted by Crippen LogP contribution is -2.38. The van der Waals surface area contributed by atoms with Crippen LogP contribution in [0.25, 0.3) is 0 Å². The zero-order valence-corrected chi connectivity index (χ0v) is 11.4. The van der Waals surface area contributed by atoms with Gasteiger partial charge in [0.05, 0.1) is 0 Å². The van der Waals surface area contributed by atoms with Gasteiger partial charge in [0.15, 0.2) is 0 Å². The molecule has 1 aliphatic heterocycles. The van der Waals surface area contributed by atoms with Crippen molar-refractivity contribution in [2.45, 2.75) is 32.7 Å². The molecule has 1 aromatic rings. The smallest absolute Gasteiger partial charge is 0.0271 e. The van der Waals surface area contributed by atoms with Crippen LogP contribution in [-0.4, -0.2) is 36.1 Å². The average Bonchev–Trinajstić information content (AvgIpc) is 2.41. The minimum Gasteiger partial charge on any atom is -0.316 e. The Balaban J connectivity index is 1.86. The Kier molecular flexibility index (Phi) is 5.62. The summed E-state index contributed by atoms with van der Waals surface area (Å²) >= 11 is 0. The molecule has 100 valence electrons. The first-order chi connectivity index (χ1) is 8.88. The van der Waals surface area contributed by atoms with Crippen LogP contribution in [-0.2, 0) is 6.54 Å². The maximum Gasteiger partial charge on any atom is 0.0271 e. The summed E-state index contributed by atoms with van der Waals surface area (Å²) in [6.07, 6.45) is 7.72. The molecule has 1 saturated heterocycles. The first-order valence-corrected chi connectivity index (χ1v) is 7.20. The summed E-state index contributed by atoms with van der Waals surface area (Å²) in [4.78, 5) is 6.68. The molecule has 1 atom stereocenters. The molecule has 3 nitrogen and oxygen atoms in total. The van der Waals surface area contributed by atoms with E-state index in [1.807, 2.05) is 12.4 Å². The van der Waals surface area contributed by atoms with Crippen LogP contribution >= 0.6 is 0 Å². The van der Waals surface area contributed by atoms with Crippen molar-refractivity contribution in [1.82, 2.24) is 15.2 Å². The number of pyridine rings is 1. The number of piperidine rings is 1. The molecule has 0 amide bonds. The number of rotatable bonds is 6. The highest BCUT2D eigenvalue weighted by Gasteiger charge is 2.16. The van der Waals surface area contributed by atoms with Crippen molar-refractivity contribution in [3.63, 3.8) is 0 Å². The van der Waals surface area contributed by atoms with Crippen LogP contribution in [0, 0.1) is 5.92 Å². The predicted molar refractivity (Wildman–Crippen MR) is 75.4 cm³/mol. The van der Waals surface area contributed by atoms with Gasteiger partial charge in [0, 0.05) is 25.5 Å². The Hall–Kier alpha value is -0.930. The zero-order valence-electron chi connectivity index (χ0n) is 11.4. The van der Waals surface area contributed by atoms with Gasteiger partial charge in [-0.15, -0.1) is 0 Å². The molecule has 1 N–H and O–H groups in total. The minimum atomic E-state index is 0.826. The third-order valence-corrected chi connectivity index (χ3v) is 3.61. The van der Waals surface area contributed by atoms with Gasteiger partial charge < -0.3 is 5.32 Å². The quantitative estimate of drug-likeness (QED) is 0.836. The van der Waals surface area contributed by atoms with Crippen molar-refractivity contribution in [3.8, 4) is 0 Å². The average molecular weight is 247 g/mol. The second kappa shape index (κ2) is 7.49. The fraction of sp³-hybridized carbons (Fsp3) is 0.667. The Labute approximate surface area is 111 Å². The monoisotopic (exact) mass is 247 g/mol. The van der Waals surface area contributed by atoms with Crippen molar-refractivity contribution in [2.24, 2.45) is 5.92 Å². The fourth-order valence-corrected chi connectivity index (χ4v) is 2.74. The van der Waals surface area contributed by atoms with E-state index in [-0.39, 0.29) is 0 Å². The Morgan fingerprint density at radius 1 is 1.39 bits per heavy atom. The van der Waals surface area contributed by atoms with Crippen molar-refractivity contribution >= 4 is 0 Å². The summed E-state index contributed by atoms with van der Waals surface area (Å²) in [7, 11) is 0. The summed E-state index contributed by atoms with van der Waals surface area (Å²) in [5.74, 6) is 0.826. The predicted octanol–water partition coefficient (Wildman–Crippen LogP) is 2.29. The number of hydrogen-bond acceptors (Lipinski definition) is 3. The number of nitrogens with zero attached hydrogens (tertiary/aromatic N) is 2. The molecule has 0 aliphatic carbocycles. The molecule has 18 heavy (non-hydrogen) atoms. The third-order valence-electron chi connectivity index (χ3n) is 3.61. The molecule has 0 spiro atoms. The van der Waals surface area contributed by atoms with Crippen LogP contribution in [0.5, 0.6) is 0 Å². The lowest BCUT2D eigenvalue weighted by molar-refractivity contribution is 0.201. The topological polar surface area (TPSA) is 28.2 Å². The van der Waals surface area contributed by atoms with E-state index in [1.54, 1.807) is 0 Å². The molecule has 3 heteroatoms. The summed E-state index contributed by atoms with van der Waals surface area (Å²) in [5, 5.41) is 3.51. The normalized spacial score (nSPS) is 20.2. The van der Waals surface area contributed by atoms with Gasteiger partial charge in [-0.05, 0) is 62.5 Å². The standard InChI is InChI=1S/C15H25N3/c1-2-10-18(12-14-5-8-16-9-6-14)13-15-4-3-7-17-11-15/h5-6,8-9,15,17H,2-4,7,10-13H2,1H3. The van der Waals surface area contributed by atoms with Crippen molar-refractivity contribution in [1.29, 1.82) is 0 Å². The zero-order chi connectivity index (χ0) is 12.6. The van der Waals surface area contributed by atoms with Gasteiger partial charge in [0.25, 0.3) is 0 Å². The van der Waals surface area contributed by atoms with Gasteiger partial charge in [0.2, 0.25) is 0 Å². The van der Waals surface area contributed by atoms with Gasteiger partial charge in [-0.2, -0.15) is 0 Å². The molecule has 0 aromatic carbocycles. The Morgan fingerprint density at radius 2 is 2.22 bits per heavy atom. The molecule has 1 aliphatic rings. The van der Waals surface area contributed by atoms with Crippen LogP contribution in [0.15, 0.2) is 24.5 Å². The lowest BCUT2D eigenvalue weighted by atomic mass is 9.99. The van der Waals surface area contributed by atoms with Gasteiger partial charge in [-0.3, -0.25) is 9.88 Å². The molecule has 1 unspecified atom stereocenters. The van der Waals surface area contributed by atoms with E-state index in [2.05, 4.69) is 34.3 Å². The van der Waals surface area contributed by atoms with E-state index >= 15 is 0 Å². The molecule has 2 rings (SSSR count). The minimum absolute atomic E-state index is 0.826. The highest BCUT2D eigenvalue weighted by Crippen LogP contribution is 2.14. The molecule has 0 radical (unpaired) electrons. The van der Waals surface area contributed by atoms with Crippen LogP contribution in [0.4, 0.5) is 0 Å². The molecule has 0 saturated carbocycles. The molecule has 1 aromatic heterocycles. The Morgan fingerprint density at radius 3 is 2.89 bits per heavy atom. The van der Waals surface area contributed by atoms with Crippen molar-refractivity contribution in [2.75, 3.05) is 26.2 Å². The summed E-state index contributed by atoms with van der Waals surface area (Å²) < 4.78 is 0. The van der Waals surface area contributed by atoms with E-state index in [9.17, 15) is 0 Å². The van der Waals surface area contributed by atoms with Gasteiger partial charge >= 0.3 is 0 Å². The lowest BCUT2D eigenvalue weighted by Gasteiger charge is -2.30. The summed E-state index contributed by atoms with van der Waals surface area (Å²) in [5.41, 5.74) is 1.38. The fourth-order valence-electron chi connectivity index (χ4n) is 2.74. The van der Waals surface area contributed by atoms with E-state index in [0.717, 1.165) is 12.5 Å². The van der Waals surface area contributed by atoms with Gasteiger partial charge in [0.1, 0.15) is 0 Å². The second-order valence-electron chi connectivity index (χ2n) is 5.30. The summed E-state index contributed by atoms with van der Waals surface area (Å²) in [6.45, 7) is 8.14. The molecular formula is C15H25N3. The van der Waals surface area contributed by atoms with Crippen LogP contribution < -0.4 is 5.32 Å². The van der Waals surface area contributed by atoms with E-state index in [1.165, 1.54) is 51.0 Å². The Bertz CT molecular complexity index is 320. The maximum absolute atomic E-state index is 4.09. The highest BCUT2D eigenvalue weighted by molar-refractivity contribution is 5.09. The number of hydrogen-bond donors (Lipinski definition) is 1. The highest BCUT2D eigenvalue weighted by atomic mass is 15.1. The van der Waals surface area contributed by atoms with Crippen molar-refractivity contribution < 1.29 is 0 Å². The van der Waals surface area contributed by atoms with E-state index in [0.29, 0.717) is 0 Å². The van der Waals surface area contributed by atoms with Crippen LogP contribution in [0.3, 0.4) is 0 Å². The number of aromatic nitrogens is 1. The van der Waals surface area contributed by atoms with Crippen molar-refractivity contribution in [3.05, 3.63) is 30.1 Å². The molecule has 2 heterocycles. The largest absolute Gasteiger partial charge is 0.316 e. The van der Waals surface area contributed by atoms with E-state index in [4.69, 9.17) is 0 Å². The second-order valence-corrected chi connectivity index (χ2v) is 5.30. The van der Waals surface area contributed by atoms with E-state index < -0.39 is 0 Å².